The third-order valence-electron chi connectivity index (χ3n) is 6.22. The van der Waals surface area contributed by atoms with Crippen molar-refractivity contribution in [3.63, 3.8) is 0 Å². The Hall–Kier alpha value is -3.11. The number of aromatic amines is 1. The predicted octanol–water partition coefficient (Wildman–Crippen LogP) is 0.917. The predicted molar refractivity (Wildman–Crippen MR) is 119 cm³/mol. The minimum atomic E-state index is -0.834. The van der Waals surface area contributed by atoms with Gasteiger partial charge in [-0.3, -0.25) is 28.8 Å². The molecule has 11 heteroatoms. The molecule has 1 aromatic rings. The molecule has 0 radical (unpaired) electrons. The number of hydrogen-bond donors (Lipinski definition) is 3. The lowest BCUT2D eigenvalue weighted by molar-refractivity contribution is -0.131. The number of urea groups is 1. The Kier molecular flexibility index (Phi) is 7.05. The lowest BCUT2D eigenvalue weighted by atomic mass is 9.98. The van der Waals surface area contributed by atoms with Gasteiger partial charge in [-0.2, -0.15) is 0 Å². The van der Waals surface area contributed by atoms with E-state index in [-0.39, 0.29) is 36.9 Å². The summed E-state index contributed by atoms with van der Waals surface area (Å²) in [6, 6.07) is -0.487. The molecule has 0 unspecified atom stereocenters. The van der Waals surface area contributed by atoms with E-state index < -0.39 is 28.7 Å². The van der Waals surface area contributed by atoms with Crippen LogP contribution >= 0.6 is 0 Å². The summed E-state index contributed by atoms with van der Waals surface area (Å²) in [6.45, 7) is 4.26. The fraction of sp³-hybridized carbons (Fsp3) is 0.667. The van der Waals surface area contributed by atoms with Crippen LogP contribution in [0, 0.1) is 0 Å². The molecule has 176 valence electrons. The number of nitrogens with two attached hydrogens (primary N) is 1. The monoisotopic (exact) mass is 448 g/mol. The van der Waals surface area contributed by atoms with E-state index in [1.807, 2.05) is 13.8 Å². The van der Waals surface area contributed by atoms with E-state index >= 15 is 0 Å². The van der Waals surface area contributed by atoms with Gasteiger partial charge < -0.3 is 16.0 Å². The lowest BCUT2D eigenvalue weighted by Gasteiger charge is -2.25. The summed E-state index contributed by atoms with van der Waals surface area (Å²) in [4.78, 5) is 67.7. The second-order valence-corrected chi connectivity index (χ2v) is 8.47. The van der Waals surface area contributed by atoms with Gasteiger partial charge in [0.25, 0.3) is 11.5 Å². The van der Waals surface area contributed by atoms with Gasteiger partial charge in [0.15, 0.2) is 5.69 Å². The number of H-pyrrole nitrogens is 1. The Balaban J connectivity index is 1.83. The summed E-state index contributed by atoms with van der Waals surface area (Å²) in [7, 11) is 0. The summed E-state index contributed by atoms with van der Waals surface area (Å²) in [5, 5.41) is 2.79. The first-order valence-corrected chi connectivity index (χ1v) is 11.3. The first-order valence-electron chi connectivity index (χ1n) is 11.3. The van der Waals surface area contributed by atoms with Crippen molar-refractivity contribution >= 4 is 29.4 Å². The highest BCUT2D eigenvalue weighted by atomic mass is 16.2. The van der Waals surface area contributed by atoms with Crippen LogP contribution in [0.3, 0.4) is 0 Å². The molecular formula is C21H32N6O5. The summed E-state index contributed by atoms with van der Waals surface area (Å²) in [6.07, 6.45) is 4.82. The Labute approximate surface area is 185 Å². The fourth-order valence-corrected chi connectivity index (χ4v) is 4.50. The number of imide groups is 1. The van der Waals surface area contributed by atoms with E-state index in [1.165, 1.54) is 9.47 Å². The van der Waals surface area contributed by atoms with E-state index in [9.17, 15) is 24.0 Å². The average Bonchev–Trinajstić information content (AvgIpc) is 3.31. The van der Waals surface area contributed by atoms with Gasteiger partial charge in [0, 0.05) is 26.1 Å². The number of nitrogens with one attached hydrogen (secondary N) is 2. The van der Waals surface area contributed by atoms with Crippen molar-refractivity contribution < 1.29 is 14.4 Å². The molecule has 1 aliphatic carbocycles. The molecule has 4 N–H and O–H groups in total. The number of hydrogen-bond acceptors (Lipinski definition) is 6. The molecule has 1 saturated heterocycles. The maximum Gasteiger partial charge on any atom is 0.330 e. The number of amides is 4. The molecular weight excluding hydrogens is 416 g/mol. The zero-order valence-electron chi connectivity index (χ0n) is 18.7. The molecule has 0 aromatic carbocycles. The van der Waals surface area contributed by atoms with Crippen molar-refractivity contribution in [2.75, 3.05) is 23.7 Å². The summed E-state index contributed by atoms with van der Waals surface area (Å²) >= 11 is 0. The minimum absolute atomic E-state index is 0.0649. The number of nitrogen functional groups attached to an aromatic ring is 1. The average molecular weight is 449 g/mol. The normalized spacial score (nSPS) is 17.2. The van der Waals surface area contributed by atoms with Gasteiger partial charge in [-0.1, -0.05) is 33.1 Å². The third kappa shape index (κ3) is 4.28. The number of rotatable bonds is 9. The van der Waals surface area contributed by atoms with Gasteiger partial charge in [-0.15, -0.1) is 0 Å². The molecule has 2 heterocycles. The second-order valence-electron chi connectivity index (χ2n) is 8.47. The molecule has 32 heavy (non-hydrogen) atoms. The van der Waals surface area contributed by atoms with Crippen LogP contribution in [-0.4, -0.2) is 50.9 Å². The highest BCUT2D eigenvalue weighted by molar-refractivity contribution is 6.07. The van der Waals surface area contributed by atoms with Gasteiger partial charge in [-0.25, -0.2) is 9.59 Å². The molecule has 2 fully saturated rings. The van der Waals surface area contributed by atoms with Crippen molar-refractivity contribution in [3.8, 4) is 0 Å². The Morgan fingerprint density at radius 1 is 1.09 bits per heavy atom. The molecule has 4 amide bonds. The summed E-state index contributed by atoms with van der Waals surface area (Å²) < 4.78 is 1.24. The zero-order chi connectivity index (χ0) is 23.5. The lowest BCUT2D eigenvalue weighted by Crippen LogP contribution is -2.45. The maximum atomic E-state index is 13.2. The van der Waals surface area contributed by atoms with E-state index in [2.05, 4.69) is 10.3 Å². The van der Waals surface area contributed by atoms with Gasteiger partial charge in [0.2, 0.25) is 5.91 Å². The highest BCUT2D eigenvalue weighted by Crippen LogP contribution is 2.35. The SMILES string of the molecule is CCCCN(C(=O)CCN1C(=O)NC2(CCCC2)C1=O)c1c(N)n(CCC)c(=O)[nH]c1=O. The van der Waals surface area contributed by atoms with Gasteiger partial charge in [0.1, 0.15) is 11.4 Å². The van der Waals surface area contributed by atoms with Gasteiger partial charge in [0.05, 0.1) is 0 Å². The minimum Gasteiger partial charge on any atom is -0.383 e. The first-order chi connectivity index (χ1) is 15.3. The maximum absolute atomic E-state index is 13.2. The van der Waals surface area contributed by atoms with Crippen LogP contribution in [0.25, 0.3) is 0 Å². The third-order valence-corrected chi connectivity index (χ3v) is 6.22. The smallest absolute Gasteiger partial charge is 0.330 e. The van der Waals surface area contributed by atoms with Crippen LogP contribution in [0.1, 0.15) is 65.2 Å². The van der Waals surface area contributed by atoms with Crippen LogP contribution in [-0.2, 0) is 16.1 Å². The van der Waals surface area contributed by atoms with Crippen LogP contribution in [0.2, 0.25) is 0 Å². The van der Waals surface area contributed by atoms with Crippen LogP contribution in [0.5, 0.6) is 0 Å². The van der Waals surface area contributed by atoms with Crippen LogP contribution < -0.4 is 27.2 Å². The topological polar surface area (TPSA) is 151 Å². The molecule has 1 spiro atoms. The number of aromatic nitrogens is 2. The summed E-state index contributed by atoms with van der Waals surface area (Å²) in [5.41, 5.74) is 3.89. The fourth-order valence-electron chi connectivity index (χ4n) is 4.50. The van der Waals surface area contributed by atoms with Gasteiger partial charge in [-0.05, 0) is 25.7 Å². The molecule has 11 nitrogen and oxygen atoms in total. The van der Waals surface area contributed by atoms with Crippen molar-refractivity contribution in [1.29, 1.82) is 0 Å². The van der Waals surface area contributed by atoms with Crippen molar-refractivity contribution in [1.82, 2.24) is 19.8 Å². The summed E-state index contributed by atoms with van der Waals surface area (Å²) in [5.74, 6) is -0.794. The number of carbonyl (C=O) groups is 3. The largest absolute Gasteiger partial charge is 0.383 e. The molecule has 1 saturated carbocycles. The molecule has 2 aliphatic rings. The first kappa shape index (κ1) is 23.6. The number of nitrogens with zero attached hydrogens (tertiary/aromatic N) is 3. The zero-order valence-corrected chi connectivity index (χ0v) is 18.7. The number of anilines is 2. The van der Waals surface area contributed by atoms with Crippen LogP contribution in [0.15, 0.2) is 9.59 Å². The Bertz CT molecular complexity index is 1010. The van der Waals surface area contributed by atoms with E-state index in [4.69, 9.17) is 5.73 Å². The Morgan fingerprint density at radius 3 is 2.41 bits per heavy atom. The molecule has 1 aromatic heterocycles. The number of unbranched alkanes of at least 4 members (excludes halogenated alkanes) is 1. The highest BCUT2D eigenvalue weighted by Gasteiger charge is 2.52. The molecule has 0 bridgehead atoms. The standard InChI is InChI=1S/C21H32N6O5/c1-3-5-12-25(15-16(22)26(11-4-2)19(31)23-17(15)29)14(28)8-13-27-18(30)21(24-20(27)32)9-6-7-10-21/h3-13,22H2,1-2H3,(H,24,32)(H,23,29,31). The second kappa shape index (κ2) is 9.58. The van der Waals surface area contributed by atoms with Crippen molar-refractivity contribution in [2.45, 2.75) is 77.3 Å². The van der Waals surface area contributed by atoms with Gasteiger partial charge >= 0.3 is 11.7 Å². The van der Waals surface area contributed by atoms with E-state index in [0.29, 0.717) is 32.2 Å². The van der Waals surface area contributed by atoms with Crippen LogP contribution in [0.4, 0.5) is 16.3 Å². The van der Waals surface area contributed by atoms with Crippen molar-refractivity contribution in [3.05, 3.63) is 20.8 Å². The van der Waals surface area contributed by atoms with E-state index in [0.717, 1.165) is 24.2 Å². The molecule has 3 rings (SSSR count). The van der Waals surface area contributed by atoms with Crippen molar-refractivity contribution in [2.24, 2.45) is 0 Å². The quantitative estimate of drug-likeness (QED) is 0.478. The molecule has 1 aliphatic heterocycles. The number of carbonyl (C=O) groups excluding carboxylic acids is 3. The molecule has 0 atom stereocenters. The van der Waals surface area contributed by atoms with E-state index in [1.54, 1.807) is 0 Å². The Morgan fingerprint density at radius 2 is 1.78 bits per heavy atom.